The molecule has 2 aromatic rings. The van der Waals surface area contributed by atoms with Gasteiger partial charge in [0.15, 0.2) is 0 Å². The van der Waals surface area contributed by atoms with Crippen LogP contribution >= 0.6 is 0 Å². The molecule has 2 aliphatic rings. The second-order valence-corrected chi connectivity index (χ2v) is 10.2. The van der Waals surface area contributed by atoms with Crippen molar-refractivity contribution in [3.8, 4) is 11.3 Å². The molecule has 0 saturated carbocycles. The third-order valence-corrected chi connectivity index (χ3v) is 6.67. The predicted molar refractivity (Wildman–Crippen MR) is 108 cm³/mol. The first-order valence-electron chi connectivity index (χ1n) is 9.65. The van der Waals surface area contributed by atoms with Crippen LogP contribution in [0.15, 0.2) is 24.3 Å². The molecule has 6 nitrogen and oxygen atoms in total. The Labute approximate surface area is 169 Å². The lowest BCUT2D eigenvalue weighted by Gasteiger charge is -2.39. The first kappa shape index (κ1) is 20.2. The van der Waals surface area contributed by atoms with Gasteiger partial charge in [0.1, 0.15) is 15.5 Å². The standard InChI is InChI=1S/C20H24F2N4O2S/c1-12-8-10-26(12)19-24-17(15-7-9-20(21,22)18(15)25-19)14-5-3-13(4-6-14)16(23)11-29(2,27)28/h3-6,12,16H,7-11,23H2,1-2H3/t12-,16?/m0/s1. The monoisotopic (exact) mass is 422 g/mol. The Hall–Kier alpha value is -2.13. The van der Waals surface area contributed by atoms with E-state index in [1.54, 1.807) is 24.3 Å². The highest BCUT2D eigenvalue weighted by Gasteiger charge is 2.44. The fraction of sp³-hybridized carbons (Fsp3) is 0.500. The maximum Gasteiger partial charge on any atom is 0.290 e. The van der Waals surface area contributed by atoms with Gasteiger partial charge in [-0.15, -0.1) is 0 Å². The number of halogens is 2. The van der Waals surface area contributed by atoms with Crippen LogP contribution in [0, 0.1) is 0 Å². The third-order valence-electron chi connectivity index (χ3n) is 5.70. The van der Waals surface area contributed by atoms with Crippen LogP contribution in [-0.2, 0) is 22.2 Å². The SMILES string of the molecule is C[C@H]1CCN1c1nc(-c2ccc(C(N)CS(C)(=O)=O)cc2)c2c(n1)C(F)(F)CC2. The summed E-state index contributed by atoms with van der Waals surface area (Å²) in [6.07, 6.45) is 2.09. The molecule has 1 aromatic heterocycles. The van der Waals surface area contributed by atoms with Crippen LogP contribution in [0.2, 0.25) is 0 Å². The van der Waals surface area contributed by atoms with Crippen molar-refractivity contribution < 1.29 is 17.2 Å². The van der Waals surface area contributed by atoms with E-state index in [-0.39, 0.29) is 30.3 Å². The summed E-state index contributed by atoms with van der Waals surface area (Å²) >= 11 is 0. The Morgan fingerprint density at radius 1 is 1.28 bits per heavy atom. The van der Waals surface area contributed by atoms with E-state index in [4.69, 9.17) is 5.73 Å². The Kier molecular flexibility index (Phi) is 4.85. The zero-order valence-corrected chi connectivity index (χ0v) is 17.2. The summed E-state index contributed by atoms with van der Waals surface area (Å²) in [7, 11) is -3.21. The van der Waals surface area contributed by atoms with Crippen molar-refractivity contribution in [1.29, 1.82) is 0 Å². The van der Waals surface area contributed by atoms with Crippen LogP contribution in [0.4, 0.5) is 14.7 Å². The molecular weight excluding hydrogens is 398 g/mol. The normalized spacial score (nSPS) is 21.6. The number of fused-ring (bicyclic) bond motifs is 1. The zero-order chi connectivity index (χ0) is 21.0. The number of alkyl halides is 2. The number of nitrogens with zero attached hydrogens (tertiary/aromatic N) is 3. The third kappa shape index (κ3) is 3.85. The minimum absolute atomic E-state index is 0.154. The van der Waals surface area contributed by atoms with Gasteiger partial charge in [0.2, 0.25) is 5.95 Å². The number of nitrogens with two attached hydrogens (primary N) is 1. The molecule has 1 aliphatic carbocycles. The van der Waals surface area contributed by atoms with E-state index >= 15 is 0 Å². The van der Waals surface area contributed by atoms with Gasteiger partial charge >= 0.3 is 0 Å². The number of aromatic nitrogens is 2. The minimum Gasteiger partial charge on any atom is -0.338 e. The molecular formula is C20H24F2N4O2S. The van der Waals surface area contributed by atoms with E-state index in [9.17, 15) is 17.2 Å². The average molecular weight is 423 g/mol. The number of hydrogen-bond acceptors (Lipinski definition) is 6. The van der Waals surface area contributed by atoms with Crippen molar-refractivity contribution in [2.24, 2.45) is 5.73 Å². The van der Waals surface area contributed by atoms with Gasteiger partial charge in [0, 0.05) is 42.4 Å². The van der Waals surface area contributed by atoms with Gasteiger partial charge in [-0.1, -0.05) is 24.3 Å². The van der Waals surface area contributed by atoms with Crippen molar-refractivity contribution in [2.75, 3.05) is 23.5 Å². The van der Waals surface area contributed by atoms with Crippen LogP contribution < -0.4 is 10.6 Å². The Balaban J connectivity index is 1.73. The molecule has 29 heavy (non-hydrogen) atoms. The highest BCUT2D eigenvalue weighted by molar-refractivity contribution is 7.90. The molecule has 2 atom stereocenters. The molecule has 156 valence electrons. The second kappa shape index (κ2) is 6.98. The van der Waals surface area contributed by atoms with E-state index in [1.165, 1.54) is 0 Å². The molecule has 1 aromatic carbocycles. The van der Waals surface area contributed by atoms with E-state index in [0.29, 0.717) is 28.3 Å². The van der Waals surface area contributed by atoms with Crippen molar-refractivity contribution in [1.82, 2.24) is 9.97 Å². The first-order valence-corrected chi connectivity index (χ1v) is 11.7. The number of sulfone groups is 1. The topological polar surface area (TPSA) is 89.2 Å². The number of benzene rings is 1. The van der Waals surface area contributed by atoms with Gasteiger partial charge in [0.05, 0.1) is 11.4 Å². The maximum absolute atomic E-state index is 14.4. The van der Waals surface area contributed by atoms with Gasteiger partial charge < -0.3 is 10.6 Å². The van der Waals surface area contributed by atoms with Crippen LogP contribution in [0.25, 0.3) is 11.3 Å². The average Bonchev–Trinajstić information content (AvgIpc) is 2.94. The predicted octanol–water partition coefficient (Wildman–Crippen LogP) is 2.82. The van der Waals surface area contributed by atoms with Gasteiger partial charge in [-0.3, -0.25) is 0 Å². The van der Waals surface area contributed by atoms with Crippen molar-refractivity contribution >= 4 is 15.8 Å². The lowest BCUT2D eigenvalue weighted by molar-refractivity contribution is -0.00595. The van der Waals surface area contributed by atoms with Gasteiger partial charge in [-0.2, -0.15) is 8.78 Å². The summed E-state index contributed by atoms with van der Waals surface area (Å²) in [6.45, 7) is 2.78. The number of hydrogen-bond donors (Lipinski definition) is 1. The summed E-state index contributed by atoms with van der Waals surface area (Å²) < 4.78 is 51.8. The largest absolute Gasteiger partial charge is 0.338 e. The molecule has 1 unspecified atom stereocenters. The van der Waals surface area contributed by atoms with Crippen molar-refractivity contribution in [3.63, 3.8) is 0 Å². The van der Waals surface area contributed by atoms with Gasteiger partial charge in [-0.25, -0.2) is 18.4 Å². The van der Waals surface area contributed by atoms with Crippen molar-refractivity contribution in [3.05, 3.63) is 41.1 Å². The van der Waals surface area contributed by atoms with Crippen LogP contribution in [0.5, 0.6) is 0 Å². The first-order chi connectivity index (χ1) is 13.5. The Bertz CT molecular complexity index is 1040. The summed E-state index contributed by atoms with van der Waals surface area (Å²) in [5.74, 6) is -2.76. The summed E-state index contributed by atoms with van der Waals surface area (Å²) in [6, 6.07) is 6.58. The second-order valence-electron chi connectivity index (χ2n) is 8.06. The number of anilines is 1. The van der Waals surface area contributed by atoms with Crippen LogP contribution in [-0.4, -0.2) is 43.0 Å². The molecule has 4 rings (SSSR count). The smallest absolute Gasteiger partial charge is 0.290 e. The quantitative estimate of drug-likeness (QED) is 0.797. The lowest BCUT2D eigenvalue weighted by Crippen LogP contribution is -2.47. The summed E-state index contributed by atoms with van der Waals surface area (Å²) in [4.78, 5) is 10.8. The van der Waals surface area contributed by atoms with Crippen LogP contribution in [0.3, 0.4) is 0 Å². The minimum atomic E-state index is -3.21. The molecule has 9 heteroatoms. The highest BCUT2D eigenvalue weighted by atomic mass is 32.2. The van der Waals surface area contributed by atoms with Gasteiger partial charge in [0.25, 0.3) is 5.92 Å². The van der Waals surface area contributed by atoms with E-state index < -0.39 is 21.8 Å². The van der Waals surface area contributed by atoms with Crippen molar-refractivity contribution in [2.45, 2.75) is 44.2 Å². The number of rotatable bonds is 5. The summed E-state index contributed by atoms with van der Waals surface area (Å²) in [5, 5.41) is 0. The molecule has 1 aliphatic heterocycles. The molecule has 2 N–H and O–H groups in total. The Morgan fingerprint density at radius 3 is 2.52 bits per heavy atom. The van der Waals surface area contributed by atoms with E-state index in [0.717, 1.165) is 19.2 Å². The highest BCUT2D eigenvalue weighted by Crippen LogP contribution is 2.44. The molecule has 0 amide bonds. The molecule has 2 heterocycles. The van der Waals surface area contributed by atoms with Gasteiger partial charge in [-0.05, 0) is 25.3 Å². The molecule has 0 radical (unpaired) electrons. The molecule has 0 spiro atoms. The molecule has 1 saturated heterocycles. The maximum atomic E-state index is 14.4. The lowest BCUT2D eigenvalue weighted by atomic mass is 10.0. The van der Waals surface area contributed by atoms with Crippen LogP contribution in [0.1, 0.15) is 42.6 Å². The zero-order valence-electron chi connectivity index (χ0n) is 16.4. The van der Waals surface area contributed by atoms with E-state index in [2.05, 4.69) is 9.97 Å². The fourth-order valence-electron chi connectivity index (χ4n) is 3.90. The summed E-state index contributed by atoms with van der Waals surface area (Å²) in [5.41, 5.74) is 8.20. The molecule has 1 fully saturated rings. The molecule has 0 bridgehead atoms. The Morgan fingerprint density at radius 2 is 1.97 bits per heavy atom. The van der Waals surface area contributed by atoms with E-state index in [1.807, 2.05) is 11.8 Å². The fourth-order valence-corrected chi connectivity index (χ4v) is 4.75.